The SMILES string of the molecule is CN1C(=O)c2ccc([N+](=O)[O-])cc2C2CC21. The van der Waals surface area contributed by atoms with Gasteiger partial charge in [0.1, 0.15) is 0 Å². The summed E-state index contributed by atoms with van der Waals surface area (Å²) in [5.74, 6) is 0.279. The molecule has 0 spiro atoms. The minimum Gasteiger partial charge on any atom is -0.338 e. The Morgan fingerprint density at radius 1 is 1.50 bits per heavy atom. The maximum atomic E-state index is 11.9. The largest absolute Gasteiger partial charge is 0.338 e. The number of carbonyl (C=O) groups excluding carboxylic acids is 1. The van der Waals surface area contributed by atoms with Crippen LogP contribution in [0.3, 0.4) is 0 Å². The van der Waals surface area contributed by atoms with Crippen LogP contribution in [0.4, 0.5) is 5.69 Å². The van der Waals surface area contributed by atoms with Gasteiger partial charge < -0.3 is 4.90 Å². The lowest BCUT2D eigenvalue weighted by Crippen LogP contribution is -2.33. The van der Waals surface area contributed by atoms with Gasteiger partial charge in [-0.05, 0) is 18.1 Å². The van der Waals surface area contributed by atoms with Crippen molar-refractivity contribution in [2.24, 2.45) is 0 Å². The molecule has 3 rings (SSSR count). The van der Waals surface area contributed by atoms with Crippen molar-refractivity contribution >= 4 is 11.6 Å². The van der Waals surface area contributed by atoms with Gasteiger partial charge in [-0.15, -0.1) is 0 Å². The number of benzene rings is 1. The first kappa shape index (κ1) is 9.33. The third-order valence-corrected chi connectivity index (χ3v) is 3.45. The molecule has 2 unspecified atom stereocenters. The first-order chi connectivity index (χ1) is 7.59. The monoisotopic (exact) mass is 218 g/mol. The summed E-state index contributed by atoms with van der Waals surface area (Å²) >= 11 is 0. The Balaban J connectivity index is 2.14. The van der Waals surface area contributed by atoms with Crippen molar-refractivity contribution in [1.29, 1.82) is 0 Å². The molecule has 0 radical (unpaired) electrons. The van der Waals surface area contributed by atoms with Gasteiger partial charge in [0.15, 0.2) is 0 Å². The van der Waals surface area contributed by atoms with Crippen molar-refractivity contribution in [1.82, 2.24) is 4.90 Å². The van der Waals surface area contributed by atoms with E-state index in [1.807, 2.05) is 0 Å². The molecule has 2 aliphatic rings. The van der Waals surface area contributed by atoms with Crippen LogP contribution in [0.15, 0.2) is 18.2 Å². The standard InChI is InChI=1S/C11H10N2O3/c1-12-10-5-9(10)8-4-6(13(15)16)2-3-7(8)11(12)14/h2-4,9-10H,5H2,1H3. The predicted octanol–water partition coefficient (Wildman–Crippen LogP) is 1.54. The van der Waals surface area contributed by atoms with Gasteiger partial charge in [-0.25, -0.2) is 0 Å². The fourth-order valence-corrected chi connectivity index (χ4v) is 2.45. The summed E-state index contributed by atoms with van der Waals surface area (Å²) in [6.07, 6.45) is 0.927. The number of rotatable bonds is 1. The van der Waals surface area contributed by atoms with E-state index in [1.54, 1.807) is 24.1 Å². The molecule has 16 heavy (non-hydrogen) atoms. The van der Waals surface area contributed by atoms with Gasteiger partial charge in [-0.3, -0.25) is 14.9 Å². The van der Waals surface area contributed by atoms with E-state index in [9.17, 15) is 14.9 Å². The van der Waals surface area contributed by atoms with Gasteiger partial charge in [0, 0.05) is 36.7 Å². The molecule has 1 heterocycles. The highest BCUT2D eigenvalue weighted by molar-refractivity contribution is 5.98. The van der Waals surface area contributed by atoms with Crippen molar-refractivity contribution in [2.45, 2.75) is 18.4 Å². The Morgan fingerprint density at radius 2 is 2.25 bits per heavy atom. The summed E-state index contributed by atoms with van der Waals surface area (Å²) in [7, 11) is 1.79. The summed E-state index contributed by atoms with van der Waals surface area (Å²) in [5.41, 5.74) is 1.54. The molecule has 1 fully saturated rings. The van der Waals surface area contributed by atoms with Gasteiger partial charge >= 0.3 is 0 Å². The topological polar surface area (TPSA) is 63.5 Å². The van der Waals surface area contributed by atoms with Crippen LogP contribution in [0.2, 0.25) is 0 Å². The molecule has 1 amide bonds. The van der Waals surface area contributed by atoms with E-state index in [-0.39, 0.29) is 17.6 Å². The zero-order chi connectivity index (χ0) is 11.4. The molecule has 1 aliphatic carbocycles. The van der Waals surface area contributed by atoms with E-state index in [1.165, 1.54) is 6.07 Å². The minimum absolute atomic E-state index is 0.0244. The lowest BCUT2D eigenvalue weighted by atomic mass is 9.98. The van der Waals surface area contributed by atoms with Crippen molar-refractivity contribution in [3.05, 3.63) is 39.4 Å². The van der Waals surface area contributed by atoms with Crippen LogP contribution >= 0.6 is 0 Å². The highest BCUT2D eigenvalue weighted by atomic mass is 16.6. The maximum absolute atomic E-state index is 11.9. The Hall–Kier alpha value is -1.91. The minimum atomic E-state index is -0.416. The zero-order valence-corrected chi connectivity index (χ0v) is 8.71. The Kier molecular flexibility index (Phi) is 1.64. The fourth-order valence-electron chi connectivity index (χ4n) is 2.45. The van der Waals surface area contributed by atoms with Crippen LogP contribution in [0.5, 0.6) is 0 Å². The molecule has 82 valence electrons. The number of hydrogen-bond donors (Lipinski definition) is 0. The molecule has 1 aliphatic heterocycles. The smallest absolute Gasteiger partial charge is 0.269 e. The van der Waals surface area contributed by atoms with Gasteiger partial charge in [0.25, 0.3) is 11.6 Å². The lowest BCUT2D eigenvalue weighted by molar-refractivity contribution is -0.384. The van der Waals surface area contributed by atoms with Crippen LogP contribution < -0.4 is 0 Å². The highest BCUT2D eigenvalue weighted by Crippen LogP contribution is 2.50. The molecule has 0 saturated heterocycles. The Bertz CT molecular complexity index is 512. The van der Waals surface area contributed by atoms with Crippen LogP contribution in [-0.2, 0) is 0 Å². The molecule has 1 saturated carbocycles. The molecule has 0 N–H and O–H groups in total. The molecule has 1 aromatic carbocycles. The molecule has 1 aromatic rings. The predicted molar refractivity (Wildman–Crippen MR) is 56.3 cm³/mol. The average molecular weight is 218 g/mol. The van der Waals surface area contributed by atoms with Crippen molar-refractivity contribution in [3.8, 4) is 0 Å². The normalized spacial score (nSPS) is 26.1. The van der Waals surface area contributed by atoms with Crippen LogP contribution in [-0.4, -0.2) is 28.8 Å². The number of likely N-dealkylation sites (N-methyl/N-ethyl adjacent to an activating group) is 1. The van der Waals surface area contributed by atoms with Gasteiger partial charge in [-0.1, -0.05) is 0 Å². The molecular weight excluding hydrogens is 208 g/mol. The third kappa shape index (κ3) is 1.08. The second-order valence-electron chi connectivity index (χ2n) is 4.35. The van der Waals surface area contributed by atoms with Crippen LogP contribution in [0, 0.1) is 10.1 Å². The number of amides is 1. The number of hydrogen-bond acceptors (Lipinski definition) is 3. The molecule has 5 nitrogen and oxygen atoms in total. The second kappa shape index (κ2) is 2.81. The van der Waals surface area contributed by atoms with Crippen molar-refractivity contribution in [3.63, 3.8) is 0 Å². The number of nitrogens with zero attached hydrogens (tertiary/aromatic N) is 2. The third-order valence-electron chi connectivity index (χ3n) is 3.45. The molecular formula is C11H10N2O3. The van der Waals surface area contributed by atoms with Gasteiger partial charge in [-0.2, -0.15) is 0 Å². The van der Waals surface area contributed by atoms with E-state index < -0.39 is 4.92 Å². The number of carbonyl (C=O) groups is 1. The summed E-state index contributed by atoms with van der Waals surface area (Å²) < 4.78 is 0. The highest BCUT2D eigenvalue weighted by Gasteiger charge is 2.49. The summed E-state index contributed by atoms with van der Waals surface area (Å²) in [4.78, 5) is 23.9. The lowest BCUT2D eigenvalue weighted by Gasteiger charge is -2.23. The number of nitro benzene ring substituents is 1. The fraction of sp³-hybridized carbons (Fsp3) is 0.364. The summed E-state index contributed by atoms with van der Waals surface area (Å²) in [6.45, 7) is 0. The van der Waals surface area contributed by atoms with E-state index in [4.69, 9.17) is 0 Å². The van der Waals surface area contributed by atoms with Crippen molar-refractivity contribution < 1.29 is 9.72 Å². The maximum Gasteiger partial charge on any atom is 0.269 e. The van der Waals surface area contributed by atoms with E-state index in [2.05, 4.69) is 0 Å². The van der Waals surface area contributed by atoms with Crippen molar-refractivity contribution in [2.75, 3.05) is 7.05 Å². The second-order valence-corrected chi connectivity index (χ2v) is 4.35. The van der Waals surface area contributed by atoms with Gasteiger partial charge in [0.05, 0.1) is 4.92 Å². The molecule has 5 heteroatoms. The number of nitro groups is 1. The summed E-state index contributed by atoms with van der Waals surface area (Å²) in [6, 6.07) is 4.76. The first-order valence-corrected chi connectivity index (χ1v) is 5.15. The Morgan fingerprint density at radius 3 is 2.94 bits per heavy atom. The Labute approximate surface area is 91.8 Å². The number of non-ortho nitro benzene ring substituents is 1. The molecule has 0 bridgehead atoms. The summed E-state index contributed by atoms with van der Waals surface area (Å²) in [5, 5.41) is 10.7. The average Bonchev–Trinajstić information content (AvgIpc) is 3.05. The van der Waals surface area contributed by atoms with E-state index in [0.717, 1.165) is 12.0 Å². The zero-order valence-electron chi connectivity index (χ0n) is 8.71. The van der Waals surface area contributed by atoms with E-state index in [0.29, 0.717) is 11.5 Å². The van der Waals surface area contributed by atoms with Crippen LogP contribution in [0.1, 0.15) is 28.3 Å². The molecule has 2 atom stereocenters. The molecule has 0 aromatic heterocycles. The van der Waals surface area contributed by atoms with E-state index >= 15 is 0 Å². The number of fused-ring (bicyclic) bond motifs is 3. The van der Waals surface area contributed by atoms with Crippen LogP contribution in [0.25, 0.3) is 0 Å². The quantitative estimate of drug-likeness (QED) is 0.530. The van der Waals surface area contributed by atoms with Gasteiger partial charge in [0.2, 0.25) is 0 Å². The first-order valence-electron chi connectivity index (χ1n) is 5.15.